The van der Waals surface area contributed by atoms with Crippen molar-refractivity contribution >= 4 is 16.1 Å². The summed E-state index contributed by atoms with van der Waals surface area (Å²) in [7, 11) is -3.22. The normalized spacial score (nSPS) is 11.0. The lowest BCUT2D eigenvalue weighted by molar-refractivity contribution is 0.0526. The largest absolute Gasteiger partial charge is 0.462 e. The molecule has 0 aliphatic rings. The van der Waals surface area contributed by atoms with Crippen LogP contribution in [0.15, 0.2) is 24.3 Å². The molecule has 1 aromatic rings. The van der Waals surface area contributed by atoms with E-state index in [0.29, 0.717) is 18.8 Å². The molecule has 0 bridgehead atoms. The van der Waals surface area contributed by atoms with E-state index >= 15 is 0 Å². The third-order valence-corrected chi connectivity index (χ3v) is 5.42. The Morgan fingerprint density at radius 3 is 1.81 bits per heavy atom. The Labute approximate surface area is 191 Å². The van der Waals surface area contributed by atoms with Crippen LogP contribution in [0, 0.1) is 0 Å². The van der Waals surface area contributed by atoms with E-state index in [1.165, 1.54) is 63.4 Å². The molecule has 0 aliphatic heterocycles. The summed E-state index contributed by atoms with van der Waals surface area (Å²) < 4.78 is 30.5. The van der Waals surface area contributed by atoms with E-state index in [-0.39, 0.29) is 5.97 Å². The Balaban J connectivity index is 0.000000649. The van der Waals surface area contributed by atoms with Gasteiger partial charge in [-0.2, -0.15) is 8.42 Å². The molecule has 180 valence electrons. The molecule has 0 N–H and O–H groups in total. The second kappa shape index (κ2) is 19.3. The van der Waals surface area contributed by atoms with E-state index < -0.39 is 10.1 Å². The molecule has 0 saturated heterocycles. The van der Waals surface area contributed by atoms with Gasteiger partial charge in [0.25, 0.3) is 10.1 Å². The Bertz CT molecular complexity index is 653. The number of hydrogen-bond donors (Lipinski definition) is 0. The first-order chi connectivity index (χ1) is 14.8. The van der Waals surface area contributed by atoms with Crippen LogP contribution in [0.3, 0.4) is 0 Å². The molecule has 0 radical (unpaired) electrons. The maximum atomic E-state index is 11.5. The lowest BCUT2D eigenvalue weighted by atomic mass is 10.0. The number of hydrogen-bond acceptors (Lipinski definition) is 5. The van der Waals surface area contributed by atoms with Crippen molar-refractivity contribution in [2.75, 3.05) is 19.5 Å². The van der Waals surface area contributed by atoms with Crippen molar-refractivity contribution in [3.8, 4) is 0 Å². The molecule has 0 spiro atoms. The van der Waals surface area contributed by atoms with E-state index in [1.54, 1.807) is 0 Å². The Kier molecular flexibility index (Phi) is 18.4. The Morgan fingerprint density at radius 1 is 0.774 bits per heavy atom. The summed E-state index contributed by atoms with van der Waals surface area (Å²) in [5.41, 5.74) is 1.96. The quantitative estimate of drug-likeness (QED) is 0.157. The summed E-state index contributed by atoms with van der Waals surface area (Å²) in [5.74, 6) is -0.228. The molecule has 0 aliphatic carbocycles. The van der Waals surface area contributed by atoms with E-state index in [1.807, 2.05) is 31.2 Å². The van der Waals surface area contributed by atoms with Crippen molar-refractivity contribution in [1.29, 1.82) is 0 Å². The Hall–Kier alpha value is -1.40. The number of benzene rings is 1. The maximum Gasteiger partial charge on any atom is 0.338 e. The summed E-state index contributed by atoms with van der Waals surface area (Å²) in [6.45, 7) is 6.98. The van der Waals surface area contributed by atoms with Crippen molar-refractivity contribution in [3.05, 3.63) is 35.4 Å². The van der Waals surface area contributed by atoms with Gasteiger partial charge in [0, 0.05) is 0 Å². The minimum Gasteiger partial charge on any atom is -0.462 e. The van der Waals surface area contributed by atoms with Crippen molar-refractivity contribution in [3.63, 3.8) is 0 Å². The molecule has 6 heteroatoms. The second-order valence-corrected chi connectivity index (χ2v) is 9.52. The van der Waals surface area contributed by atoms with Crippen molar-refractivity contribution in [2.45, 2.75) is 97.8 Å². The predicted molar refractivity (Wildman–Crippen MR) is 129 cm³/mol. The molecule has 5 nitrogen and oxygen atoms in total. The van der Waals surface area contributed by atoms with Gasteiger partial charge < -0.3 is 4.74 Å². The van der Waals surface area contributed by atoms with Crippen LogP contribution in [-0.2, 0) is 25.5 Å². The summed E-state index contributed by atoms with van der Waals surface area (Å²) in [6.07, 6.45) is 15.6. The van der Waals surface area contributed by atoms with Crippen LogP contribution in [0.5, 0.6) is 0 Å². The van der Waals surface area contributed by atoms with E-state index in [0.717, 1.165) is 25.5 Å². The molecular weight excluding hydrogens is 412 g/mol. The van der Waals surface area contributed by atoms with Crippen LogP contribution < -0.4 is 0 Å². The molecule has 0 heterocycles. The molecule has 31 heavy (non-hydrogen) atoms. The first-order valence-electron chi connectivity index (χ1n) is 11.9. The molecule has 0 fully saturated rings. The number of rotatable bonds is 16. The number of esters is 1. The van der Waals surface area contributed by atoms with Gasteiger partial charge in [-0.15, -0.1) is 0 Å². The van der Waals surface area contributed by atoms with Crippen molar-refractivity contribution in [2.24, 2.45) is 0 Å². The number of aryl methyl sites for hydroxylation is 1. The zero-order chi connectivity index (χ0) is 23.4. The van der Waals surface area contributed by atoms with Crippen LogP contribution in [0.4, 0.5) is 0 Å². The molecule has 0 aromatic heterocycles. The van der Waals surface area contributed by atoms with Crippen LogP contribution in [0.1, 0.15) is 107 Å². The van der Waals surface area contributed by atoms with Gasteiger partial charge in [0.2, 0.25) is 0 Å². The first kappa shape index (κ1) is 29.6. The number of carbonyl (C=O) groups excluding carboxylic acids is 1. The van der Waals surface area contributed by atoms with E-state index in [4.69, 9.17) is 4.74 Å². The summed E-state index contributed by atoms with van der Waals surface area (Å²) in [5, 5.41) is 0. The SMILES string of the molecule is CCCCCCCCc1ccc(C(=O)OCC)cc1.CCCCCCCOS(C)(=O)=O. The van der Waals surface area contributed by atoms with E-state index in [9.17, 15) is 13.2 Å². The third kappa shape index (κ3) is 19.0. The van der Waals surface area contributed by atoms with Gasteiger partial charge in [-0.05, 0) is 43.9 Å². The fourth-order valence-corrected chi connectivity index (χ4v) is 3.47. The minimum atomic E-state index is -3.22. The lowest BCUT2D eigenvalue weighted by Gasteiger charge is -2.04. The summed E-state index contributed by atoms with van der Waals surface area (Å²) >= 11 is 0. The number of unbranched alkanes of at least 4 members (excludes halogenated alkanes) is 9. The topological polar surface area (TPSA) is 69.7 Å². The van der Waals surface area contributed by atoms with Gasteiger partial charge >= 0.3 is 5.97 Å². The lowest BCUT2D eigenvalue weighted by Crippen LogP contribution is -2.04. The average molecular weight is 457 g/mol. The first-order valence-corrected chi connectivity index (χ1v) is 13.8. The highest BCUT2D eigenvalue weighted by Crippen LogP contribution is 2.11. The summed E-state index contributed by atoms with van der Waals surface area (Å²) in [6, 6.07) is 7.81. The fourth-order valence-electron chi connectivity index (χ4n) is 3.05. The van der Waals surface area contributed by atoms with Gasteiger partial charge in [0.1, 0.15) is 0 Å². The van der Waals surface area contributed by atoms with Crippen LogP contribution >= 0.6 is 0 Å². The summed E-state index contributed by atoms with van der Waals surface area (Å²) in [4.78, 5) is 11.5. The molecule has 0 amide bonds. The average Bonchev–Trinajstić information content (AvgIpc) is 2.73. The standard InChI is InChI=1S/C17H26O2.C8H18O3S/c1-3-5-6-7-8-9-10-15-11-13-16(14-12-15)17(18)19-4-2;1-3-4-5-6-7-8-11-12(2,9)10/h11-14H,3-10H2,1-2H3;3-8H2,1-2H3. The van der Waals surface area contributed by atoms with Gasteiger partial charge in [0.05, 0.1) is 25.0 Å². The van der Waals surface area contributed by atoms with Gasteiger partial charge in [0.15, 0.2) is 0 Å². The molecule has 0 unspecified atom stereocenters. The minimum absolute atomic E-state index is 0.228. The zero-order valence-electron chi connectivity index (χ0n) is 20.2. The Morgan fingerprint density at radius 2 is 1.29 bits per heavy atom. The fraction of sp³-hybridized carbons (Fsp3) is 0.720. The molecular formula is C25H44O5S. The molecule has 1 rings (SSSR count). The highest BCUT2D eigenvalue weighted by atomic mass is 32.2. The van der Waals surface area contributed by atoms with Gasteiger partial charge in [-0.1, -0.05) is 83.8 Å². The molecule has 1 aromatic carbocycles. The highest BCUT2D eigenvalue weighted by molar-refractivity contribution is 7.85. The van der Waals surface area contributed by atoms with Gasteiger partial charge in [-0.3, -0.25) is 4.18 Å². The zero-order valence-corrected chi connectivity index (χ0v) is 21.0. The molecule has 0 saturated carbocycles. The maximum absolute atomic E-state index is 11.5. The van der Waals surface area contributed by atoms with Crippen LogP contribution in [-0.4, -0.2) is 33.9 Å². The van der Waals surface area contributed by atoms with Crippen molar-refractivity contribution in [1.82, 2.24) is 0 Å². The number of carbonyl (C=O) groups is 1. The van der Waals surface area contributed by atoms with Crippen molar-refractivity contribution < 1.29 is 22.1 Å². The van der Waals surface area contributed by atoms with E-state index in [2.05, 4.69) is 18.0 Å². The highest BCUT2D eigenvalue weighted by Gasteiger charge is 2.05. The predicted octanol–water partition coefficient (Wildman–Crippen LogP) is 6.70. The molecule has 0 atom stereocenters. The van der Waals surface area contributed by atoms with Gasteiger partial charge in [-0.25, -0.2) is 4.79 Å². The smallest absolute Gasteiger partial charge is 0.338 e. The monoisotopic (exact) mass is 456 g/mol. The van der Waals surface area contributed by atoms with Crippen LogP contribution in [0.2, 0.25) is 0 Å². The second-order valence-electron chi connectivity index (χ2n) is 7.88. The third-order valence-electron chi connectivity index (χ3n) is 4.83. The van der Waals surface area contributed by atoms with Crippen LogP contribution in [0.25, 0.3) is 0 Å². The number of ether oxygens (including phenoxy) is 1.